The van der Waals surface area contributed by atoms with Gasteiger partial charge in [-0.1, -0.05) is 23.5 Å². The van der Waals surface area contributed by atoms with Crippen LogP contribution in [-0.4, -0.2) is 71.6 Å². The van der Waals surface area contributed by atoms with Crippen LogP contribution in [0.25, 0.3) is 4.96 Å². The van der Waals surface area contributed by atoms with Crippen LogP contribution >= 0.6 is 11.3 Å². The number of carbonyl (C=O) groups excluding carboxylic acids is 1. The van der Waals surface area contributed by atoms with Gasteiger partial charge in [0.05, 0.1) is 4.90 Å². The number of ether oxygens (including phenoxy) is 2. The lowest BCUT2D eigenvalue weighted by molar-refractivity contribution is -0.275. The molecule has 0 saturated carbocycles. The van der Waals surface area contributed by atoms with Crippen molar-refractivity contribution in [1.82, 2.24) is 24.2 Å². The molecule has 1 aliphatic heterocycles. The molecule has 1 N–H and O–H groups in total. The molecule has 2 aromatic heterocycles. The molecular formula is C26H19F9N6O6S2. The minimum atomic E-state index is -5.05. The Bertz CT molecular complexity index is 2000. The van der Waals surface area contributed by atoms with E-state index in [1.807, 2.05) is 0 Å². The SMILES string of the molecule is O=C(NCc1ccc(OC(F)(F)F)cc1)[C@H]1CN(c2nn3c(=O)cc(C(F)(F)F)nc3s2)CCN1S(=O)(=O)c1ccc(OC(F)(F)F)cc1. The number of hydrogen-bond donors (Lipinski definition) is 1. The maximum absolute atomic E-state index is 13.7. The minimum absolute atomic E-state index is 0.0901. The van der Waals surface area contributed by atoms with Crippen LogP contribution in [0.5, 0.6) is 11.5 Å². The van der Waals surface area contributed by atoms with Crippen molar-refractivity contribution in [3.05, 3.63) is 76.2 Å². The zero-order valence-electron chi connectivity index (χ0n) is 24.0. The number of rotatable bonds is 8. The molecule has 0 radical (unpaired) electrons. The summed E-state index contributed by atoms with van der Waals surface area (Å²) < 4.78 is 151. The van der Waals surface area contributed by atoms with Crippen LogP contribution in [-0.2, 0) is 27.5 Å². The van der Waals surface area contributed by atoms with Crippen molar-refractivity contribution >= 4 is 37.4 Å². The van der Waals surface area contributed by atoms with Gasteiger partial charge < -0.3 is 19.7 Å². The number of alkyl halides is 9. The molecule has 23 heteroatoms. The fourth-order valence-corrected chi connectivity index (χ4v) is 7.09. The summed E-state index contributed by atoms with van der Waals surface area (Å²) in [6, 6.07) is 6.16. The molecule has 1 aliphatic rings. The second-order valence-corrected chi connectivity index (χ2v) is 12.9. The van der Waals surface area contributed by atoms with E-state index in [-0.39, 0.29) is 29.9 Å². The van der Waals surface area contributed by atoms with Gasteiger partial charge in [0.2, 0.25) is 26.0 Å². The van der Waals surface area contributed by atoms with Crippen molar-refractivity contribution in [2.24, 2.45) is 0 Å². The number of aromatic nitrogens is 3. The van der Waals surface area contributed by atoms with E-state index < -0.39 is 86.6 Å². The average molecular weight is 747 g/mol. The molecule has 49 heavy (non-hydrogen) atoms. The highest BCUT2D eigenvalue weighted by Gasteiger charge is 2.42. The van der Waals surface area contributed by atoms with Crippen LogP contribution in [0.2, 0.25) is 0 Å². The molecule has 264 valence electrons. The highest BCUT2D eigenvalue weighted by Crippen LogP contribution is 2.32. The van der Waals surface area contributed by atoms with Crippen molar-refractivity contribution in [3.8, 4) is 11.5 Å². The number of amides is 1. The molecule has 2 aromatic carbocycles. The van der Waals surface area contributed by atoms with E-state index in [0.717, 1.165) is 40.7 Å². The van der Waals surface area contributed by atoms with Crippen LogP contribution in [0.4, 0.5) is 44.6 Å². The monoisotopic (exact) mass is 746 g/mol. The van der Waals surface area contributed by atoms with Gasteiger partial charge in [-0.2, -0.15) is 22.0 Å². The van der Waals surface area contributed by atoms with E-state index in [9.17, 15) is 57.5 Å². The summed E-state index contributed by atoms with van der Waals surface area (Å²) in [5.41, 5.74) is -2.34. The Morgan fingerprint density at radius 3 is 2.02 bits per heavy atom. The van der Waals surface area contributed by atoms with Gasteiger partial charge >= 0.3 is 18.9 Å². The van der Waals surface area contributed by atoms with E-state index in [1.165, 1.54) is 17.0 Å². The van der Waals surface area contributed by atoms with Crippen molar-refractivity contribution in [2.45, 2.75) is 36.4 Å². The molecule has 1 saturated heterocycles. The first kappa shape index (κ1) is 35.7. The molecule has 0 spiro atoms. The summed E-state index contributed by atoms with van der Waals surface area (Å²) in [6.45, 7) is -1.44. The average Bonchev–Trinajstić information content (AvgIpc) is 3.44. The van der Waals surface area contributed by atoms with Gasteiger partial charge in [0.25, 0.3) is 5.56 Å². The lowest BCUT2D eigenvalue weighted by atomic mass is 10.2. The summed E-state index contributed by atoms with van der Waals surface area (Å²) in [7, 11) is -4.61. The molecular weight excluding hydrogens is 727 g/mol. The summed E-state index contributed by atoms with van der Waals surface area (Å²) in [4.78, 5) is 29.6. The van der Waals surface area contributed by atoms with E-state index in [4.69, 9.17) is 0 Å². The predicted octanol–water partition coefficient (Wildman–Crippen LogP) is 4.16. The van der Waals surface area contributed by atoms with Gasteiger partial charge in [0, 0.05) is 32.2 Å². The van der Waals surface area contributed by atoms with Gasteiger partial charge in [0.15, 0.2) is 5.69 Å². The van der Waals surface area contributed by atoms with Crippen molar-refractivity contribution < 1.29 is 62.2 Å². The topological polar surface area (TPSA) is 135 Å². The Labute approximate surface area is 272 Å². The van der Waals surface area contributed by atoms with Crippen LogP contribution in [0.15, 0.2) is 64.3 Å². The lowest BCUT2D eigenvalue weighted by Crippen LogP contribution is -2.60. The molecule has 12 nitrogen and oxygen atoms in total. The Kier molecular flexibility index (Phi) is 9.46. The molecule has 1 atom stereocenters. The third-order valence-electron chi connectivity index (χ3n) is 6.72. The number of halogens is 9. The third-order valence-corrected chi connectivity index (χ3v) is 9.61. The van der Waals surface area contributed by atoms with Crippen LogP contribution in [0, 0.1) is 0 Å². The number of nitrogens with one attached hydrogen (secondary N) is 1. The number of anilines is 1. The Morgan fingerprint density at radius 2 is 1.47 bits per heavy atom. The molecule has 0 bridgehead atoms. The fraction of sp³-hybridized carbons (Fsp3) is 0.308. The maximum Gasteiger partial charge on any atom is 0.573 e. The van der Waals surface area contributed by atoms with Gasteiger partial charge in [-0.3, -0.25) is 9.59 Å². The first-order valence-electron chi connectivity index (χ1n) is 13.4. The number of benzene rings is 2. The van der Waals surface area contributed by atoms with Gasteiger partial charge in [0.1, 0.15) is 17.5 Å². The Hall–Kier alpha value is -4.64. The van der Waals surface area contributed by atoms with Gasteiger partial charge in [-0.05, 0) is 42.0 Å². The van der Waals surface area contributed by atoms with E-state index >= 15 is 0 Å². The number of hydrogen-bond acceptors (Lipinski definition) is 10. The lowest BCUT2D eigenvalue weighted by Gasteiger charge is -2.39. The number of piperazine rings is 1. The number of carbonyl (C=O) groups is 1. The fourth-order valence-electron chi connectivity index (χ4n) is 4.58. The van der Waals surface area contributed by atoms with E-state index in [2.05, 4.69) is 24.9 Å². The van der Waals surface area contributed by atoms with Crippen molar-refractivity contribution in [2.75, 3.05) is 24.5 Å². The minimum Gasteiger partial charge on any atom is -0.406 e. The molecule has 3 heterocycles. The molecule has 0 unspecified atom stereocenters. The number of fused-ring (bicyclic) bond motifs is 1. The van der Waals surface area contributed by atoms with Crippen LogP contribution < -0.4 is 25.2 Å². The molecule has 4 aromatic rings. The van der Waals surface area contributed by atoms with Crippen LogP contribution in [0.1, 0.15) is 11.3 Å². The first-order valence-corrected chi connectivity index (χ1v) is 15.7. The summed E-state index contributed by atoms with van der Waals surface area (Å²) in [5.74, 6) is -2.19. The van der Waals surface area contributed by atoms with Crippen LogP contribution in [0.3, 0.4) is 0 Å². The zero-order valence-corrected chi connectivity index (χ0v) is 25.6. The third kappa shape index (κ3) is 8.51. The Morgan fingerprint density at radius 1 is 0.898 bits per heavy atom. The normalized spacial score (nSPS) is 16.5. The Balaban J connectivity index is 1.42. The van der Waals surface area contributed by atoms with Crippen molar-refractivity contribution in [3.63, 3.8) is 0 Å². The second-order valence-electron chi connectivity index (χ2n) is 10.1. The predicted molar refractivity (Wildman–Crippen MR) is 150 cm³/mol. The number of sulfonamides is 1. The highest BCUT2D eigenvalue weighted by molar-refractivity contribution is 7.89. The smallest absolute Gasteiger partial charge is 0.406 e. The molecule has 1 amide bonds. The molecule has 1 fully saturated rings. The summed E-state index contributed by atoms with van der Waals surface area (Å²) in [5, 5.41) is 6.36. The first-order chi connectivity index (χ1) is 22.7. The van der Waals surface area contributed by atoms with Gasteiger partial charge in [-0.25, -0.2) is 13.4 Å². The van der Waals surface area contributed by atoms with E-state index in [0.29, 0.717) is 15.9 Å². The maximum atomic E-state index is 13.7. The summed E-state index contributed by atoms with van der Waals surface area (Å²) in [6.07, 6.45) is -14.9. The quantitative estimate of drug-likeness (QED) is 0.264. The number of nitrogens with zero attached hydrogens (tertiary/aromatic N) is 5. The van der Waals surface area contributed by atoms with E-state index in [1.54, 1.807) is 0 Å². The van der Waals surface area contributed by atoms with Crippen molar-refractivity contribution in [1.29, 1.82) is 0 Å². The largest absolute Gasteiger partial charge is 0.573 e. The molecule has 0 aliphatic carbocycles. The van der Waals surface area contributed by atoms with Gasteiger partial charge in [-0.15, -0.1) is 31.4 Å². The molecule has 5 rings (SSSR count). The standard InChI is InChI=1S/C26H19F9N6O6S2/c27-24(28,29)19-11-20(42)41-22(37-19)48-23(38-41)39-9-10-40(49(44,45)17-7-5-16(6-8-17)47-26(33,34)35)18(13-39)21(43)36-12-14-1-3-15(4-2-14)46-25(30,31)32/h1-8,11,18H,9-10,12-13H2,(H,36,43)/t18-/m1/s1. The second kappa shape index (κ2) is 13.0. The zero-order chi connectivity index (χ0) is 35.9. The highest BCUT2D eigenvalue weighted by atomic mass is 32.2. The summed E-state index contributed by atoms with van der Waals surface area (Å²) >= 11 is 0.558.